The average molecular weight is 172 g/mol. The van der Waals surface area contributed by atoms with Gasteiger partial charge in [0.1, 0.15) is 0 Å². The van der Waals surface area contributed by atoms with Gasteiger partial charge in [0.15, 0.2) is 0 Å². The second-order valence-corrected chi connectivity index (χ2v) is 3.08. The average Bonchev–Trinajstić information content (AvgIpc) is 2.74. The molecule has 0 atom stereocenters. The topological polar surface area (TPSA) is 20.7 Å². The Morgan fingerprint density at radius 2 is 2.23 bits per heavy atom. The van der Waals surface area contributed by atoms with Gasteiger partial charge in [0.2, 0.25) is 0 Å². The van der Waals surface area contributed by atoms with Crippen LogP contribution in [-0.2, 0) is 0 Å². The zero-order chi connectivity index (χ0) is 9.26. The molecule has 0 saturated heterocycles. The third-order valence-electron chi connectivity index (χ3n) is 2.03. The molecule has 0 amide bonds. The number of aromatic amines is 1. The second-order valence-electron chi connectivity index (χ2n) is 3.08. The summed E-state index contributed by atoms with van der Waals surface area (Å²) in [6.45, 7) is 5.91. The van der Waals surface area contributed by atoms with E-state index in [2.05, 4.69) is 28.3 Å². The van der Waals surface area contributed by atoms with Crippen LogP contribution in [0.1, 0.15) is 6.92 Å². The fourth-order valence-corrected chi connectivity index (χ4v) is 1.42. The van der Waals surface area contributed by atoms with E-state index in [4.69, 9.17) is 0 Å². The smallest absolute Gasteiger partial charge is 0.0688 e. The van der Waals surface area contributed by atoms with Crippen molar-refractivity contribution in [2.45, 2.75) is 6.92 Å². The maximum Gasteiger partial charge on any atom is 0.0688 e. The fourth-order valence-electron chi connectivity index (χ4n) is 1.42. The molecule has 66 valence electrons. The molecule has 2 aromatic rings. The molecular formula is C11H12N2. The van der Waals surface area contributed by atoms with Crippen LogP contribution >= 0.6 is 0 Å². The number of H-pyrrole nitrogens is 1. The summed E-state index contributed by atoms with van der Waals surface area (Å²) in [5, 5.41) is 0. The van der Waals surface area contributed by atoms with Crippen LogP contribution in [0.15, 0.2) is 43.2 Å². The van der Waals surface area contributed by atoms with E-state index in [9.17, 15) is 0 Å². The lowest BCUT2D eigenvalue weighted by Crippen LogP contribution is -1.92. The molecule has 0 bridgehead atoms. The van der Waals surface area contributed by atoms with Crippen LogP contribution in [0.4, 0.5) is 0 Å². The zero-order valence-corrected chi connectivity index (χ0v) is 7.62. The molecule has 2 heteroatoms. The third-order valence-corrected chi connectivity index (χ3v) is 2.03. The maximum absolute atomic E-state index is 3.92. The van der Waals surface area contributed by atoms with E-state index in [0.717, 1.165) is 17.1 Å². The van der Waals surface area contributed by atoms with Crippen molar-refractivity contribution in [3.05, 3.63) is 43.2 Å². The van der Waals surface area contributed by atoms with Gasteiger partial charge in [0.05, 0.1) is 11.4 Å². The van der Waals surface area contributed by atoms with Crippen LogP contribution in [0, 0.1) is 0 Å². The van der Waals surface area contributed by atoms with Crippen molar-refractivity contribution in [2.75, 3.05) is 0 Å². The normalized spacial score (nSPS) is 10.2. The SMILES string of the molecule is C=C(C)n1cccc1-c1ccc[nH]1. The van der Waals surface area contributed by atoms with Gasteiger partial charge in [-0.2, -0.15) is 0 Å². The van der Waals surface area contributed by atoms with Crippen LogP contribution in [-0.4, -0.2) is 9.55 Å². The van der Waals surface area contributed by atoms with Gasteiger partial charge in [0, 0.05) is 18.1 Å². The van der Waals surface area contributed by atoms with E-state index in [1.807, 2.05) is 31.5 Å². The lowest BCUT2D eigenvalue weighted by Gasteiger charge is -2.05. The highest BCUT2D eigenvalue weighted by Crippen LogP contribution is 2.20. The van der Waals surface area contributed by atoms with E-state index in [1.165, 1.54) is 0 Å². The fraction of sp³-hybridized carbons (Fsp3) is 0.0909. The number of rotatable bonds is 2. The summed E-state index contributed by atoms with van der Waals surface area (Å²) in [5.41, 5.74) is 3.29. The highest BCUT2D eigenvalue weighted by Gasteiger charge is 2.03. The molecule has 0 aliphatic rings. The monoisotopic (exact) mass is 172 g/mol. The van der Waals surface area contributed by atoms with Gasteiger partial charge >= 0.3 is 0 Å². The molecule has 2 aromatic heterocycles. The van der Waals surface area contributed by atoms with Crippen LogP contribution in [0.2, 0.25) is 0 Å². The highest BCUT2D eigenvalue weighted by molar-refractivity contribution is 5.61. The summed E-state index contributed by atoms with van der Waals surface area (Å²) < 4.78 is 2.06. The molecule has 0 radical (unpaired) electrons. The first-order chi connectivity index (χ1) is 6.29. The van der Waals surface area contributed by atoms with Crippen LogP contribution in [0.3, 0.4) is 0 Å². The van der Waals surface area contributed by atoms with Crippen molar-refractivity contribution < 1.29 is 0 Å². The number of hydrogen-bond donors (Lipinski definition) is 1. The van der Waals surface area contributed by atoms with Crippen molar-refractivity contribution in [3.63, 3.8) is 0 Å². The van der Waals surface area contributed by atoms with Crippen molar-refractivity contribution in [3.8, 4) is 11.4 Å². The Kier molecular flexibility index (Phi) is 1.81. The van der Waals surface area contributed by atoms with E-state index in [0.29, 0.717) is 0 Å². The molecule has 2 rings (SSSR count). The molecular weight excluding hydrogens is 160 g/mol. The minimum atomic E-state index is 1.02. The highest BCUT2D eigenvalue weighted by atomic mass is 15.0. The minimum Gasteiger partial charge on any atom is -0.360 e. The van der Waals surface area contributed by atoms with Gasteiger partial charge in [-0.05, 0) is 31.2 Å². The van der Waals surface area contributed by atoms with E-state index in [1.54, 1.807) is 0 Å². The van der Waals surface area contributed by atoms with Crippen molar-refractivity contribution in [2.24, 2.45) is 0 Å². The number of nitrogens with one attached hydrogen (secondary N) is 1. The lowest BCUT2D eigenvalue weighted by atomic mass is 10.3. The molecule has 0 fully saturated rings. The summed E-state index contributed by atoms with van der Waals surface area (Å²) >= 11 is 0. The van der Waals surface area contributed by atoms with Gasteiger partial charge in [-0.1, -0.05) is 6.58 Å². The third kappa shape index (κ3) is 1.31. The van der Waals surface area contributed by atoms with Crippen LogP contribution < -0.4 is 0 Å². The van der Waals surface area contributed by atoms with Gasteiger partial charge in [0.25, 0.3) is 0 Å². The predicted molar refractivity (Wildman–Crippen MR) is 55.2 cm³/mol. The summed E-state index contributed by atoms with van der Waals surface area (Å²) in [5.74, 6) is 0. The summed E-state index contributed by atoms with van der Waals surface area (Å²) in [6.07, 6.45) is 3.93. The largest absolute Gasteiger partial charge is 0.360 e. The zero-order valence-electron chi connectivity index (χ0n) is 7.62. The molecule has 0 unspecified atom stereocenters. The first kappa shape index (κ1) is 7.92. The number of allylic oxidation sites excluding steroid dienone is 1. The Balaban J connectivity index is 2.52. The lowest BCUT2D eigenvalue weighted by molar-refractivity contribution is 1.10. The molecule has 2 nitrogen and oxygen atoms in total. The van der Waals surface area contributed by atoms with Gasteiger partial charge < -0.3 is 9.55 Å². The summed E-state index contributed by atoms with van der Waals surface area (Å²) in [6, 6.07) is 8.13. The molecule has 0 aliphatic heterocycles. The molecule has 0 spiro atoms. The second kappa shape index (κ2) is 2.98. The number of nitrogens with zero attached hydrogens (tertiary/aromatic N) is 1. The number of hydrogen-bond acceptors (Lipinski definition) is 0. The van der Waals surface area contributed by atoms with Crippen molar-refractivity contribution >= 4 is 5.70 Å². The van der Waals surface area contributed by atoms with Gasteiger partial charge in [-0.25, -0.2) is 0 Å². The Labute approximate surface area is 77.5 Å². The Morgan fingerprint density at radius 3 is 2.85 bits per heavy atom. The molecule has 1 N–H and O–H groups in total. The Hall–Kier alpha value is -1.70. The van der Waals surface area contributed by atoms with Gasteiger partial charge in [-0.3, -0.25) is 0 Å². The van der Waals surface area contributed by atoms with E-state index >= 15 is 0 Å². The van der Waals surface area contributed by atoms with Crippen molar-refractivity contribution in [1.29, 1.82) is 0 Å². The molecule has 2 heterocycles. The molecule has 13 heavy (non-hydrogen) atoms. The van der Waals surface area contributed by atoms with E-state index < -0.39 is 0 Å². The predicted octanol–water partition coefficient (Wildman–Crippen LogP) is 2.97. The Morgan fingerprint density at radius 1 is 1.38 bits per heavy atom. The minimum absolute atomic E-state index is 1.02. The summed E-state index contributed by atoms with van der Waals surface area (Å²) in [7, 11) is 0. The Bertz CT molecular complexity index is 407. The molecule has 0 saturated carbocycles. The van der Waals surface area contributed by atoms with Crippen LogP contribution in [0.5, 0.6) is 0 Å². The first-order valence-corrected chi connectivity index (χ1v) is 4.26. The molecule has 0 aromatic carbocycles. The summed E-state index contributed by atoms with van der Waals surface area (Å²) in [4.78, 5) is 3.17. The quantitative estimate of drug-likeness (QED) is 0.719. The van der Waals surface area contributed by atoms with Gasteiger partial charge in [-0.15, -0.1) is 0 Å². The molecule has 0 aliphatic carbocycles. The maximum atomic E-state index is 3.92. The van der Waals surface area contributed by atoms with Crippen LogP contribution in [0.25, 0.3) is 17.1 Å². The first-order valence-electron chi connectivity index (χ1n) is 4.26. The number of aromatic nitrogens is 2. The van der Waals surface area contributed by atoms with Crippen molar-refractivity contribution in [1.82, 2.24) is 9.55 Å². The standard InChI is InChI=1S/C11H12N2/c1-9(2)13-8-4-6-11(13)10-5-3-7-12-10/h3-8,12H,1H2,2H3. The van der Waals surface area contributed by atoms with E-state index in [-0.39, 0.29) is 0 Å².